The van der Waals surface area contributed by atoms with Gasteiger partial charge in [0.15, 0.2) is 0 Å². The predicted molar refractivity (Wildman–Crippen MR) is 72.3 cm³/mol. The van der Waals surface area contributed by atoms with Crippen LogP contribution in [0.15, 0.2) is 36.9 Å². The monoisotopic (exact) mass is 246 g/mol. The van der Waals surface area contributed by atoms with Gasteiger partial charge in [-0.3, -0.25) is 9.59 Å². The van der Waals surface area contributed by atoms with Crippen molar-refractivity contribution >= 4 is 17.5 Å². The van der Waals surface area contributed by atoms with E-state index in [4.69, 9.17) is 0 Å². The number of benzene rings is 1. The predicted octanol–water partition coefficient (Wildman–Crippen LogP) is 1.88. The SMILES string of the molecule is C=CCCC(=O)Nc1ccc(CC(=O)NC)cc1. The summed E-state index contributed by atoms with van der Waals surface area (Å²) < 4.78 is 0. The Kier molecular flexibility index (Phi) is 5.64. The number of carbonyl (C=O) groups excluding carboxylic acids is 2. The molecule has 0 aromatic heterocycles. The summed E-state index contributed by atoms with van der Waals surface area (Å²) in [7, 11) is 1.61. The molecule has 4 heteroatoms. The number of hydrogen-bond acceptors (Lipinski definition) is 2. The Labute approximate surface area is 107 Å². The van der Waals surface area contributed by atoms with Gasteiger partial charge in [-0.25, -0.2) is 0 Å². The van der Waals surface area contributed by atoms with Crippen LogP contribution in [0.1, 0.15) is 18.4 Å². The van der Waals surface area contributed by atoms with E-state index in [9.17, 15) is 9.59 Å². The Morgan fingerprint density at radius 3 is 2.44 bits per heavy atom. The average molecular weight is 246 g/mol. The van der Waals surface area contributed by atoms with Crippen LogP contribution in [-0.4, -0.2) is 18.9 Å². The molecule has 0 heterocycles. The molecule has 0 aliphatic heterocycles. The van der Waals surface area contributed by atoms with Crippen LogP contribution in [0.2, 0.25) is 0 Å². The third-order valence-electron chi connectivity index (χ3n) is 2.46. The van der Waals surface area contributed by atoms with Crippen LogP contribution in [-0.2, 0) is 16.0 Å². The Morgan fingerprint density at radius 1 is 1.22 bits per heavy atom. The van der Waals surface area contributed by atoms with Gasteiger partial charge >= 0.3 is 0 Å². The van der Waals surface area contributed by atoms with Crippen molar-refractivity contribution in [3.8, 4) is 0 Å². The first kappa shape index (κ1) is 14.0. The zero-order valence-electron chi connectivity index (χ0n) is 10.5. The van der Waals surface area contributed by atoms with Gasteiger partial charge in [-0.15, -0.1) is 6.58 Å². The molecule has 1 aromatic carbocycles. The first-order valence-electron chi connectivity index (χ1n) is 5.86. The summed E-state index contributed by atoms with van der Waals surface area (Å²) in [6, 6.07) is 7.25. The van der Waals surface area contributed by atoms with Gasteiger partial charge in [0, 0.05) is 19.2 Å². The van der Waals surface area contributed by atoms with Crippen LogP contribution in [0, 0.1) is 0 Å². The van der Waals surface area contributed by atoms with Crippen molar-refractivity contribution in [2.24, 2.45) is 0 Å². The molecule has 0 saturated heterocycles. The Balaban J connectivity index is 2.52. The molecular weight excluding hydrogens is 228 g/mol. The molecule has 4 nitrogen and oxygen atoms in total. The lowest BCUT2D eigenvalue weighted by Crippen LogP contribution is -2.19. The molecule has 2 N–H and O–H groups in total. The molecule has 2 amide bonds. The van der Waals surface area contributed by atoms with E-state index in [1.54, 1.807) is 25.3 Å². The molecule has 1 aromatic rings. The van der Waals surface area contributed by atoms with Crippen molar-refractivity contribution in [1.29, 1.82) is 0 Å². The molecule has 0 fully saturated rings. The van der Waals surface area contributed by atoms with Gasteiger partial charge in [-0.2, -0.15) is 0 Å². The second kappa shape index (κ2) is 7.27. The van der Waals surface area contributed by atoms with E-state index in [-0.39, 0.29) is 11.8 Å². The molecule has 0 bridgehead atoms. The van der Waals surface area contributed by atoms with Crippen molar-refractivity contribution in [3.05, 3.63) is 42.5 Å². The van der Waals surface area contributed by atoms with Crippen molar-refractivity contribution in [2.45, 2.75) is 19.3 Å². The lowest BCUT2D eigenvalue weighted by molar-refractivity contribution is -0.120. The molecule has 0 atom stereocenters. The molecule has 0 saturated carbocycles. The summed E-state index contributed by atoms with van der Waals surface area (Å²) in [5.74, 6) is -0.0632. The van der Waals surface area contributed by atoms with Crippen LogP contribution >= 0.6 is 0 Å². The van der Waals surface area contributed by atoms with Crippen LogP contribution in [0.3, 0.4) is 0 Å². The Bertz CT molecular complexity index is 424. The van der Waals surface area contributed by atoms with Crippen LogP contribution in [0.5, 0.6) is 0 Å². The zero-order chi connectivity index (χ0) is 13.4. The van der Waals surface area contributed by atoms with Gasteiger partial charge in [0.25, 0.3) is 0 Å². The topological polar surface area (TPSA) is 58.2 Å². The molecule has 96 valence electrons. The van der Waals surface area contributed by atoms with Gasteiger partial charge < -0.3 is 10.6 Å². The van der Waals surface area contributed by atoms with Gasteiger partial charge in [0.2, 0.25) is 11.8 Å². The van der Waals surface area contributed by atoms with Crippen molar-refractivity contribution < 1.29 is 9.59 Å². The third kappa shape index (κ3) is 4.82. The molecule has 0 aliphatic carbocycles. The van der Waals surface area contributed by atoms with E-state index in [0.29, 0.717) is 19.3 Å². The maximum absolute atomic E-state index is 11.5. The lowest BCUT2D eigenvalue weighted by Gasteiger charge is -2.05. The van der Waals surface area contributed by atoms with E-state index < -0.39 is 0 Å². The van der Waals surface area contributed by atoms with E-state index in [1.807, 2.05) is 12.1 Å². The zero-order valence-corrected chi connectivity index (χ0v) is 10.5. The molecule has 0 unspecified atom stereocenters. The summed E-state index contributed by atoms with van der Waals surface area (Å²) in [4.78, 5) is 22.6. The second-order valence-electron chi connectivity index (χ2n) is 3.92. The minimum atomic E-state index is -0.0334. The van der Waals surface area contributed by atoms with Gasteiger partial charge in [-0.1, -0.05) is 18.2 Å². The van der Waals surface area contributed by atoms with E-state index in [1.165, 1.54) is 0 Å². The fourth-order valence-corrected chi connectivity index (χ4v) is 1.44. The van der Waals surface area contributed by atoms with Crippen molar-refractivity contribution in [3.63, 3.8) is 0 Å². The van der Waals surface area contributed by atoms with E-state index >= 15 is 0 Å². The summed E-state index contributed by atoms with van der Waals surface area (Å²) in [5, 5.41) is 5.35. The van der Waals surface area contributed by atoms with Crippen molar-refractivity contribution in [2.75, 3.05) is 12.4 Å². The maximum atomic E-state index is 11.5. The molecule has 1 rings (SSSR count). The number of anilines is 1. The number of carbonyl (C=O) groups is 2. The molecule has 0 radical (unpaired) electrons. The normalized spacial score (nSPS) is 9.61. The standard InChI is InChI=1S/C14H18N2O2/c1-3-4-5-13(17)16-12-8-6-11(7-9-12)10-14(18)15-2/h3,6-9H,1,4-5,10H2,2H3,(H,15,18)(H,16,17). The van der Waals surface area contributed by atoms with Crippen LogP contribution in [0.25, 0.3) is 0 Å². The number of allylic oxidation sites excluding steroid dienone is 1. The minimum Gasteiger partial charge on any atom is -0.359 e. The van der Waals surface area contributed by atoms with Gasteiger partial charge in [0.05, 0.1) is 6.42 Å². The average Bonchev–Trinajstić information content (AvgIpc) is 2.38. The van der Waals surface area contributed by atoms with Gasteiger partial charge in [0.1, 0.15) is 0 Å². The number of amides is 2. The smallest absolute Gasteiger partial charge is 0.224 e. The van der Waals surface area contributed by atoms with E-state index in [0.717, 1.165) is 11.3 Å². The quantitative estimate of drug-likeness (QED) is 0.753. The Morgan fingerprint density at radius 2 is 1.89 bits per heavy atom. The number of rotatable bonds is 6. The fraction of sp³-hybridized carbons (Fsp3) is 0.286. The summed E-state index contributed by atoms with van der Waals surface area (Å²) >= 11 is 0. The lowest BCUT2D eigenvalue weighted by atomic mass is 10.1. The first-order chi connectivity index (χ1) is 8.65. The minimum absolute atomic E-state index is 0.0298. The second-order valence-corrected chi connectivity index (χ2v) is 3.92. The first-order valence-corrected chi connectivity index (χ1v) is 5.86. The highest BCUT2D eigenvalue weighted by molar-refractivity contribution is 5.90. The van der Waals surface area contributed by atoms with Crippen molar-refractivity contribution in [1.82, 2.24) is 5.32 Å². The summed E-state index contributed by atoms with van der Waals surface area (Å²) in [6.45, 7) is 3.57. The van der Waals surface area contributed by atoms with E-state index in [2.05, 4.69) is 17.2 Å². The Hall–Kier alpha value is -2.10. The summed E-state index contributed by atoms with van der Waals surface area (Å²) in [5.41, 5.74) is 1.66. The fourth-order valence-electron chi connectivity index (χ4n) is 1.44. The molecule has 18 heavy (non-hydrogen) atoms. The highest BCUT2D eigenvalue weighted by Gasteiger charge is 2.03. The largest absolute Gasteiger partial charge is 0.359 e. The van der Waals surface area contributed by atoms with Gasteiger partial charge in [-0.05, 0) is 24.1 Å². The molecular formula is C14H18N2O2. The highest BCUT2D eigenvalue weighted by Crippen LogP contribution is 2.10. The number of hydrogen-bond donors (Lipinski definition) is 2. The summed E-state index contributed by atoms with van der Waals surface area (Å²) in [6.07, 6.45) is 3.16. The maximum Gasteiger partial charge on any atom is 0.224 e. The molecule has 0 spiro atoms. The molecule has 0 aliphatic rings. The highest BCUT2D eigenvalue weighted by atomic mass is 16.2. The number of nitrogens with one attached hydrogen (secondary N) is 2. The van der Waals surface area contributed by atoms with Crippen LogP contribution < -0.4 is 10.6 Å². The third-order valence-corrected chi connectivity index (χ3v) is 2.46. The van der Waals surface area contributed by atoms with Crippen LogP contribution in [0.4, 0.5) is 5.69 Å². The number of likely N-dealkylation sites (N-methyl/N-ethyl adjacent to an activating group) is 1.